The normalized spacial score (nSPS) is 17.2. The summed E-state index contributed by atoms with van der Waals surface area (Å²) in [7, 11) is 0. The Morgan fingerprint density at radius 2 is 1.92 bits per heavy atom. The fourth-order valence-electron chi connectivity index (χ4n) is 2.37. The number of nitrogens with zero attached hydrogens (tertiary/aromatic N) is 2. The summed E-state index contributed by atoms with van der Waals surface area (Å²) in [6, 6.07) is 14.0. The molecule has 1 fully saturated rings. The predicted molar refractivity (Wildman–Crippen MR) is 92.9 cm³/mol. The molecular formula is C17H15N3O3S. The zero-order valence-corrected chi connectivity index (χ0v) is 13.7. The van der Waals surface area contributed by atoms with E-state index in [9.17, 15) is 14.4 Å². The Kier molecular flexibility index (Phi) is 4.61. The Morgan fingerprint density at radius 3 is 2.62 bits per heavy atom. The molecule has 0 bridgehead atoms. The number of aromatic nitrogens is 1. The minimum absolute atomic E-state index is 0.0752. The van der Waals surface area contributed by atoms with E-state index in [-0.39, 0.29) is 23.5 Å². The van der Waals surface area contributed by atoms with Crippen molar-refractivity contribution in [1.82, 2.24) is 4.98 Å². The highest BCUT2D eigenvalue weighted by Crippen LogP contribution is 2.33. The summed E-state index contributed by atoms with van der Waals surface area (Å²) >= 11 is 0.875. The molecule has 0 aliphatic carbocycles. The van der Waals surface area contributed by atoms with Gasteiger partial charge in [-0.25, -0.2) is 9.88 Å². The third-order valence-corrected chi connectivity index (χ3v) is 4.50. The molecule has 1 N–H and O–H groups in total. The average Bonchev–Trinajstić information content (AvgIpc) is 2.82. The lowest BCUT2D eigenvalue weighted by molar-refractivity contribution is -0.121. The van der Waals surface area contributed by atoms with Gasteiger partial charge in [-0.3, -0.25) is 14.4 Å². The number of hydrogen-bond acceptors (Lipinski definition) is 5. The molecule has 3 rings (SSSR count). The molecule has 6 nitrogen and oxygen atoms in total. The summed E-state index contributed by atoms with van der Waals surface area (Å²) in [5.41, 5.74) is 1.30. The number of amides is 3. The van der Waals surface area contributed by atoms with Crippen LogP contribution in [-0.2, 0) is 9.59 Å². The van der Waals surface area contributed by atoms with Crippen molar-refractivity contribution in [3.05, 3.63) is 54.2 Å². The number of aryl methyl sites for hydroxylation is 1. The van der Waals surface area contributed by atoms with Gasteiger partial charge >= 0.3 is 0 Å². The Labute approximate surface area is 143 Å². The van der Waals surface area contributed by atoms with Crippen LogP contribution in [0.5, 0.6) is 0 Å². The number of pyridine rings is 1. The number of nitrogens with one attached hydrogen (secondary N) is 1. The number of carbonyl (C=O) groups excluding carboxylic acids is 3. The van der Waals surface area contributed by atoms with Gasteiger partial charge in [0, 0.05) is 12.1 Å². The van der Waals surface area contributed by atoms with E-state index in [0.29, 0.717) is 11.5 Å². The van der Waals surface area contributed by atoms with Crippen LogP contribution < -0.4 is 10.2 Å². The van der Waals surface area contributed by atoms with E-state index in [1.165, 1.54) is 0 Å². The zero-order valence-electron chi connectivity index (χ0n) is 12.9. The smallest absolute Gasteiger partial charge is 0.293 e. The lowest BCUT2D eigenvalue weighted by atomic mass is 10.2. The van der Waals surface area contributed by atoms with Crippen molar-refractivity contribution in [2.24, 2.45) is 0 Å². The molecule has 2 aromatic rings. The van der Waals surface area contributed by atoms with Gasteiger partial charge in [0.1, 0.15) is 11.1 Å². The van der Waals surface area contributed by atoms with Crippen LogP contribution in [0.4, 0.5) is 16.3 Å². The largest absolute Gasteiger partial charge is 0.311 e. The summed E-state index contributed by atoms with van der Waals surface area (Å²) in [5.74, 6) is -0.285. The van der Waals surface area contributed by atoms with Gasteiger partial charge in [-0.15, -0.1) is 0 Å². The van der Waals surface area contributed by atoms with Crippen LogP contribution in [0, 0.1) is 6.92 Å². The highest BCUT2D eigenvalue weighted by molar-refractivity contribution is 8.15. The zero-order chi connectivity index (χ0) is 17.1. The van der Waals surface area contributed by atoms with Gasteiger partial charge in [0.05, 0.1) is 5.69 Å². The summed E-state index contributed by atoms with van der Waals surface area (Å²) in [5, 5.41) is 1.57. The number of rotatable bonds is 4. The van der Waals surface area contributed by atoms with Crippen LogP contribution in [-0.4, -0.2) is 27.3 Å². The van der Waals surface area contributed by atoms with Gasteiger partial charge in [0.2, 0.25) is 11.8 Å². The van der Waals surface area contributed by atoms with E-state index < -0.39 is 5.25 Å². The second kappa shape index (κ2) is 6.84. The standard InChI is InChI=1S/C17H15N3O3S/c1-11-6-5-9-14(18-11)19-15(21)10-13-16(22)20(17(23)24-13)12-7-3-2-4-8-12/h2-9,13H,10H2,1H3,(H,18,19,21). The molecule has 1 aliphatic heterocycles. The van der Waals surface area contributed by atoms with Crippen molar-refractivity contribution in [3.63, 3.8) is 0 Å². The molecule has 1 unspecified atom stereocenters. The predicted octanol–water partition coefficient (Wildman–Crippen LogP) is 2.99. The second-order valence-corrected chi connectivity index (χ2v) is 6.45. The summed E-state index contributed by atoms with van der Waals surface area (Å²) in [6.07, 6.45) is -0.0752. The fraction of sp³-hybridized carbons (Fsp3) is 0.176. The maximum Gasteiger partial charge on any atom is 0.293 e. The first-order chi connectivity index (χ1) is 11.5. The Morgan fingerprint density at radius 1 is 1.17 bits per heavy atom. The van der Waals surface area contributed by atoms with E-state index in [4.69, 9.17) is 0 Å². The number of para-hydroxylation sites is 1. The topological polar surface area (TPSA) is 79.4 Å². The van der Waals surface area contributed by atoms with Crippen LogP contribution >= 0.6 is 11.8 Å². The van der Waals surface area contributed by atoms with E-state index in [2.05, 4.69) is 10.3 Å². The van der Waals surface area contributed by atoms with Crippen molar-refractivity contribution >= 4 is 40.3 Å². The highest BCUT2D eigenvalue weighted by atomic mass is 32.2. The number of thioether (sulfide) groups is 1. The maximum absolute atomic E-state index is 12.4. The van der Waals surface area contributed by atoms with E-state index in [1.54, 1.807) is 42.5 Å². The van der Waals surface area contributed by atoms with Gasteiger partial charge in [0.15, 0.2) is 0 Å². The minimum atomic E-state index is -0.720. The first-order valence-corrected chi connectivity index (χ1v) is 8.26. The number of carbonyl (C=O) groups is 3. The van der Waals surface area contributed by atoms with Gasteiger partial charge in [0.25, 0.3) is 5.24 Å². The summed E-state index contributed by atoms with van der Waals surface area (Å²) < 4.78 is 0. The van der Waals surface area contributed by atoms with Crippen molar-refractivity contribution < 1.29 is 14.4 Å². The van der Waals surface area contributed by atoms with Gasteiger partial charge in [-0.05, 0) is 43.0 Å². The minimum Gasteiger partial charge on any atom is -0.311 e. The molecule has 0 spiro atoms. The van der Waals surface area contributed by atoms with Gasteiger partial charge < -0.3 is 5.32 Å². The monoisotopic (exact) mass is 341 g/mol. The first-order valence-electron chi connectivity index (χ1n) is 7.38. The summed E-state index contributed by atoms with van der Waals surface area (Å²) in [6.45, 7) is 1.82. The van der Waals surface area contributed by atoms with Crippen LogP contribution in [0.3, 0.4) is 0 Å². The summed E-state index contributed by atoms with van der Waals surface area (Å²) in [4.78, 5) is 42.0. The molecule has 1 saturated heterocycles. The molecule has 0 saturated carbocycles. The third kappa shape index (κ3) is 3.46. The highest BCUT2D eigenvalue weighted by Gasteiger charge is 2.41. The number of imide groups is 1. The molecule has 0 radical (unpaired) electrons. The number of benzene rings is 1. The quantitative estimate of drug-likeness (QED) is 0.925. The SMILES string of the molecule is Cc1cccc(NC(=O)CC2SC(=O)N(c3ccccc3)C2=O)n1. The van der Waals surface area contributed by atoms with E-state index in [1.807, 2.05) is 13.0 Å². The molecule has 1 aromatic heterocycles. The molecule has 1 aromatic carbocycles. The second-order valence-electron chi connectivity index (χ2n) is 5.30. The third-order valence-electron chi connectivity index (χ3n) is 3.46. The number of hydrogen-bond donors (Lipinski definition) is 1. The average molecular weight is 341 g/mol. The molecule has 1 aliphatic rings. The first kappa shape index (κ1) is 16.2. The van der Waals surface area contributed by atoms with E-state index >= 15 is 0 Å². The fourth-order valence-corrected chi connectivity index (χ4v) is 3.36. The lowest BCUT2D eigenvalue weighted by Crippen LogP contribution is -2.32. The van der Waals surface area contributed by atoms with Crippen LogP contribution in [0.1, 0.15) is 12.1 Å². The molecule has 7 heteroatoms. The molecular weight excluding hydrogens is 326 g/mol. The molecule has 3 amide bonds. The van der Waals surface area contributed by atoms with Crippen molar-refractivity contribution in [1.29, 1.82) is 0 Å². The van der Waals surface area contributed by atoms with Crippen LogP contribution in [0.2, 0.25) is 0 Å². The maximum atomic E-state index is 12.4. The number of anilines is 2. The molecule has 122 valence electrons. The van der Waals surface area contributed by atoms with Gasteiger partial charge in [-0.2, -0.15) is 0 Å². The Bertz CT molecular complexity index is 795. The Balaban J connectivity index is 1.67. The van der Waals surface area contributed by atoms with E-state index in [0.717, 1.165) is 22.4 Å². The van der Waals surface area contributed by atoms with Crippen LogP contribution in [0.15, 0.2) is 48.5 Å². The van der Waals surface area contributed by atoms with Crippen LogP contribution in [0.25, 0.3) is 0 Å². The van der Waals surface area contributed by atoms with Crippen molar-refractivity contribution in [2.75, 3.05) is 10.2 Å². The molecule has 2 heterocycles. The Hall–Kier alpha value is -2.67. The lowest BCUT2D eigenvalue weighted by Gasteiger charge is -2.13. The molecule has 24 heavy (non-hydrogen) atoms. The van der Waals surface area contributed by atoms with Crippen molar-refractivity contribution in [3.8, 4) is 0 Å². The van der Waals surface area contributed by atoms with Gasteiger partial charge in [-0.1, -0.05) is 24.3 Å². The molecule has 1 atom stereocenters. The van der Waals surface area contributed by atoms with Crippen molar-refractivity contribution in [2.45, 2.75) is 18.6 Å².